The second kappa shape index (κ2) is 4.56. The molecule has 1 spiro atoms. The molecule has 24 heavy (non-hydrogen) atoms. The largest absolute Gasteiger partial charge is 0.390 e. The summed E-state index contributed by atoms with van der Waals surface area (Å²) in [6.07, 6.45) is -1.34. The number of aliphatic hydroxyl groups is 1. The number of benzene rings is 1. The fraction of sp³-hybridized carbons (Fsp3) is 0.529. The lowest BCUT2D eigenvalue weighted by molar-refractivity contribution is -0.164. The van der Waals surface area contributed by atoms with Gasteiger partial charge in [0, 0.05) is 12.0 Å². The van der Waals surface area contributed by atoms with Gasteiger partial charge in [0.1, 0.15) is 11.5 Å². The number of hydroxylamine groups is 1. The van der Waals surface area contributed by atoms with Crippen molar-refractivity contribution in [2.75, 3.05) is 18.8 Å². The SMILES string of the molecule is CON1C(=O)C2(CC3NC(=O)C4C(O)C2OCC34)c2ccccc21. The van der Waals surface area contributed by atoms with Gasteiger partial charge in [-0.05, 0) is 18.1 Å². The maximum Gasteiger partial charge on any atom is 0.264 e. The number of aliphatic hydroxyl groups excluding tert-OH is 1. The zero-order valence-electron chi connectivity index (χ0n) is 13.1. The van der Waals surface area contributed by atoms with Crippen LogP contribution in [0.5, 0.6) is 0 Å². The number of nitrogens with zero attached hydrogens (tertiary/aromatic N) is 1. The molecule has 5 aliphatic rings. The third-order valence-corrected chi connectivity index (χ3v) is 6.13. The first-order valence-electron chi connectivity index (χ1n) is 8.18. The van der Waals surface area contributed by atoms with Gasteiger partial charge in [0.05, 0.1) is 31.4 Å². The lowest BCUT2D eigenvalue weighted by Crippen LogP contribution is -2.59. The van der Waals surface area contributed by atoms with Crippen molar-refractivity contribution in [3.8, 4) is 0 Å². The van der Waals surface area contributed by atoms with Gasteiger partial charge in [-0.15, -0.1) is 0 Å². The lowest BCUT2D eigenvalue weighted by atomic mass is 9.70. The van der Waals surface area contributed by atoms with Gasteiger partial charge in [-0.2, -0.15) is 5.06 Å². The summed E-state index contributed by atoms with van der Waals surface area (Å²) in [4.78, 5) is 30.8. The highest BCUT2D eigenvalue weighted by Crippen LogP contribution is 2.55. The molecule has 126 valence electrons. The number of para-hydroxylation sites is 1. The molecule has 4 aliphatic heterocycles. The Morgan fingerprint density at radius 2 is 2.17 bits per heavy atom. The van der Waals surface area contributed by atoms with E-state index in [2.05, 4.69) is 5.32 Å². The highest BCUT2D eigenvalue weighted by molar-refractivity contribution is 6.07. The highest BCUT2D eigenvalue weighted by atomic mass is 16.7. The van der Waals surface area contributed by atoms with Gasteiger partial charge in [-0.25, -0.2) is 0 Å². The molecule has 4 fully saturated rings. The van der Waals surface area contributed by atoms with Gasteiger partial charge < -0.3 is 15.2 Å². The number of carbonyl (C=O) groups excluding carboxylic acids is 2. The van der Waals surface area contributed by atoms with Gasteiger partial charge in [-0.1, -0.05) is 18.2 Å². The first-order valence-corrected chi connectivity index (χ1v) is 8.18. The summed E-state index contributed by atoms with van der Waals surface area (Å²) >= 11 is 0. The molecule has 4 bridgehead atoms. The minimum Gasteiger partial charge on any atom is -0.390 e. The molecule has 7 nitrogen and oxygen atoms in total. The third-order valence-electron chi connectivity index (χ3n) is 6.13. The number of anilines is 1. The van der Waals surface area contributed by atoms with Crippen molar-refractivity contribution in [3.05, 3.63) is 29.8 Å². The van der Waals surface area contributed by atoms with Crippen LogP contribution in [0, 0.1) is 11.8 Å². The van der Waals surface area contributed by atoms with Crippen LogP contribution in [-0.2, 0) is 24.6 Å². The predicted octanol–water partition coefficient (Wildman–Crippen LogP) is -0.273. The Hall–Kier alpha value is -1.96. The van der Waals surface area contributed by atoms with Crippen LogP contribution in [0.3, 0.4) is 0 Å². The molecule has 1 aromatic rings. The van der Waals surface area contributed by atoms with Gasteiger partial charge in [0.2, 0.25) is 5.91 Å². The minimum atomic E-state index is -1.03. The smallest absolute Gasteiger partial charge is 0.264 e. The van der Waals surface area contributed by atoms with Crippen LogP contribution in [0.4, 0.5) is 5.69 Å². The molecule has 6 unspecified atom stereocenters. The second-order valence-corrected chi connectivity index (χ2v) is 7.02. The van der Waals surface area contributed by atoms with Gasteiger partial charge in [0.25, 0.3) is 5.91 Å². The minimum absolute atomic E-state index is 0.0975. The second-order valence-electron chi connectivity index (χ2n) is 7.02. The van der Waals surface area contributed by atoms with Crippen molar-refractivity contribution in [1.82, 2.24) is 5.32 Å². The van der Waals surface area contributed by atoms with Crippen LogP contribution < -0.4 is 10.4 Å². The van der Waals surface area contributed by atoms with Crippen LogP contribution in [-0.4, -0.2) is 48.9 Å². The molecule has 3 saturated heterocycles. The first kappa shape index (κ1) is 14.4. The average Bonchev–Trinajstić information content (AvgIpc) is 2.91. The van der Waals surface area contributed by atoms with Crippen molar-refractivity contribution < 1.29 is 24.3 Å². The third kappa shape index (κ3) is 1.44. The number of hydrogen-bond donors (Lipinski definition) is 2. The highest BCUT2D eigenvalue weighted by Gasteiger charge is 2.68. The Morgan fingerprint density at radius 1 is 1.38 bits per heavy atom. The Morgan fingerprint density at radius 3 is 2.96 bits per heavy atom. The average molecular weight is 330 g/mol. The van der Waals surface area contributed by atoms with Crippen LogP contribution in [0.2, 0.25) is 0 Å². The van der Waals surface area contributed by atoms with Gasteiger partial charge >= 0.3 is 0 Å². The number of ether oxygens (including phenoxy) is 1. The Bertz CT molecular complexity index is 752. The fourth-order valence-electron chi connectivity index (χ4n) is 5.15. The topological polar surface area (TPSA) is 88.1 Å². The molecule has 2 amide bonds. The number of hydrogen-bond acceptors (Lipinski definition) is 5. The van der Waals surface area contributed by atoms with Gasteiger partial charge in [0.15, 0.2) is 0 Å². The fourth-order valence-corrected chi connectivity index (χ4v) is 5.15. The Kier molecular flexibility index (Phi) is 2.73. The van der Waals surface area contributed by atoms with Crippen LogP contribution in [0.15, 0.2) is 24.3 Å². The van der Waals surface area contributed by atoms with Crippen molar-refractivity contribution in [2.24, 2.45) is 11.8 Å². The maximum atomic E-state index is 13.3. The van der Waals surface area contributed by atoms with Crippen molar-refractivity contribution in [3.63, 3.8) is 0 Å². The molecular weight excluding hydrogens is 312 g/mol. The summed E-state index contributed by atoms with van der Waals surface area (Å²) in [7, 11) is 1.45. The van der Waals surface area contributed by atoms with E-state index in [1.807, 2.05) is 24.3 Å². The zero-order chi connectivity index (χ0) is 16.6. The number of fused-ring (bicyclic) bond motifs is 2. The van der Waals surface area contributed by atoms with Crippen molar-refractivity contribution in [2.45, 2.75) is 30.1 Å². The van der Waals surface area contributed by atoms with E-state index in [9.17, 15) is 14.7 Å². The normalized spacial score (nSPS) is 42.4. The molecular formula is C17H18N2O5. The van der Waals surface area contributed by atoms with E-state index in [4.69, 9.17) is 9.57 Å². The molecule has 0 radical (unpaired) electrons. The summed E-state index contributed by atoms with van der Waals surface area (Å²) < 4.78 is 5.96. The predicted molar refractivity (Wildman–Crippen MR) is 81.9 cm³/mol. The zero-order valence-corrected chi connectivity index (χ0v) is 13.1. The summed E-state index contributed by atoms with van der Waals surface area (Å²) in [5, 5.41) is 15.1. The van der Waals surface area contributed by atoms with Crippen LogP contribution in [0.25, 0.3) is 0 Å². The van der Waals surface area contributed by atoms with Crippen LogP contribution in [0.1, 0.15) is 12.0 Å². The van der Waals surface area contributed by atoms with Crippen molar-refractivity contribution >= 4 is 17.5 Å². The van der Waals surface area contributed by atoms with Crippen LogP contribution >= 0.6 is 0 Å². The molecule has 6 rings (SSSR count). The molecule has 7 heteroatoms. The van der Waals surface area contributed by atoms with E-state index in [1.165, 1.54) is 12.2 Å². The van der Waals surface area contributed by atoms with E-state index in [1.54, 1.807) is 0 Å². The Balaban J connectivity index is 1.74. The quantitative estimate of drug-likeness (QED) is 0.740. The number of amides is 2. The van der Waals surface area contributed by atoms with E-state index in [-0.39, 0.29) is 23.8 Å². The van der Waals surface area contributed by atoms with Crippen molar-refractivity contribution in [1.29, 1.82) is 0 Å². The molecule has 4 heterocycles. The monoisotopic (exact) mass is 330 g/mol. The number of rotatable bonds is 1. The Labute approximate surface area is 138 Å². The van der Waals surface area contributed by atoms with E-state index < -0.39 is 23.5 Å². The summed E-state index contributed by atoms with van der Waals surface area (Å²) in [5.74, 6) is -0.981. The molecule has 1 saturated carbocycles. The summed E-state index contributed by atoms with van der Waals surface area (Å²) in [5.41, 5.74) is 0.435. The number of nitrogens with one attached hydrogen (secondary N) is 1. The summed E-state index contributed by atoms with van der Waals surface area (Å²) in [6.45, 7) is 0.375. The molecule has 6 atom stereocenters. The molecule has 1 aliphatic carbocycles. The lowest BCUT2D eigenvalue weighted by Gasteiger charge is -2.41. The molecule has 0 aromatic heterocycles. The van der Waals surface area contributed by atoms with Gasteiger partial charge in [-0.3, -0.25) is 14.4 Å². The molecule has 2 N–H and O–H groups in total. The van der Waals surface area contributed by atoms with E-state index in [0.29, 0.717) is 18.7 Å². The maximum absolute atomic E-state index is 13.3. The number of carbonyl (C=O) groups is 2. The van der Waals surface area contributed by atoms with E-state index >= 15 is 0 Å². The first-order chi connectivity index (χ1) is 11.6. The standard InChI is InChI=1S/C17H18N2O5/c1-23-19-11-5-3-2-4-9(11)17(16(19)22)6-10-8-7-24-14(17)13(20)12(8)15(21)18-10/h2-5,8,10,12-14,20H,6-7H2,1H3,(H,18,21). The summed E-state index contributed by atoms with van der Waals surface area (Å²) in [6, 6.07) is 7.24. The molecule has 1 aromatic carbocycles. The van der Waals surface area contributed by atoms with E-state index in [0.717, 1.165) is 5.56 Å².